The minimum Gasteiger partial charge on any atom is -0.355 e. The molecule has 1 saturated heterocycles. The highest BCUT2D eigenvalue weighted by atomic mass is 35.5. The molecular weight excluding hydrogens is 396 g/mol. The van der Waals surface area contributed by atoms with Crippen LogP contribution in [0.5, 0.6) is 0 Å². The lowest BCUT2D eigenvalue weighted by atomic mass is 9.96. The highest BCUT2D eigenvalue weighted by Crippen LogP contribution is 2.24. The fourth-order valence-corrected chi connectivity index (χ4v) is 3.91. The molecule has 1 aliphatic heterocycles. The first kappa shape index (κ1) is 20.4. The van der Waals surface area contributed by atoms with Crippen LogP contribution in [0.2, 0.25) is 5.02 Å². The van der Waals surface area contributed by atoms with Crippen molar-refractivity contribution in [2.45, 2.75) is 26.3 Å². The minimum absolute atomic E-state index is 0.0172. The molecule has 0 spiro atoms. The van der Waals surface area contributed by atoms with Gasteiger partial charge in [-0.3, -0.25) is 4.79 Å². The van der Waals surface area contributed by atoms with Crippen molar-refractivity contribution in [3.05, 3.63) is 76.8 Å². The van der Waals surface area contributed by atoms with E-state index in [1.54, 1.807) is 0 Å². The van der Waals surface area contributed by atoms with Crippen LogP contribution in [0.1, 0.15) is 24.0 Å². The van der Waals surface area contributed by atoms with Crippen LogP contribution in [0.4, 0.5) is 5.82 Å². The Balaban J connectivity index is 1.30. The van der Waals surface area contributed by atoms with Crippen molar-refractivity contribution in [2.75, 3.05) is 18.0 Å². The van der Waals surface area contributed by atoms with Gasteiger partial charge in [-0.15, -0.1) is 10.2 Å². The van der Waals surface area contributed by atoms with Crippen LogP contribution in [0.25, 0.3) is 11.3 Å². The van der Waals surface area contributed by atoms with Gasteiger partial charge in [0.25, 0.3) is 0 Å². The number of benzene rings is 2. The van der Waals surface area contributed by atoms with Crippen LogP contribution in [-0.4, -0.2) is 29.2 Å². The molecule has 0 bridgehead atoms. The Labute approximate surface area is 182 Å². The van der Waals surface area contributed by atoms with Crippen LogP contribution >= 0.6 is 11.6 Å². The Bertz CT molecular complexity index is 996. The first-order valence-electron chi connectivity index (χ1n) is 10.3. The molecule has 4 rings (SSSR count). The van der Waals surface area contributed by atoms with Gasteiger partial charge in [-0.25, -0.2) is 0 Å². The van der Waals surface area contributed by atoms with E-state index in [0.29, 0.717) is 11.6 Å². The Kier molecular flexibility index (Phi) is 6.29. The van der Waals surface area contributed by atoms with Gasteiger partial charge in [-0.1, -0.05) is 59.6 Å². The Morgan fingerprint density at radius 3 is 2.43 bits per heavy atom. The molecular formula is C24H25ClN4O. The summed E-state index contributed by atoms with van der Waals surface area (Å²) < 4.78 is 0. The molecule has 0 atom stereocenters. The van der Waals surface area contributed by atoms with E-state index >= 15 is 0 Å². The molecule has 6 heteroatoms. The van der Waals surface area contributed by atoms with Gasteiger partial charge in [0.15, 0.2) is 5.82 Å². The van der Waals surface area contributed by atoms with Crippen LogP contribution in [0.15, 0.2) is 60.7 Å². The van der Waals surface area contributed by atoms with Crippen molar-refractivity contribution in [2.24, 2.45) is 5.92 Å². The Morgan fingerprint density at radius 2 is 1.77 bits per heavy atom. The average molecular weight is 421 g/mol. The van der Waals surface area contributed by atoms with Gasteiger partial charge in [-0.05, 0) is 43.5 Å². The molecule has 1 fully saturated rings. The van der Waals surface area contributed by atoms with E-state index in [-0.39, 0.29) is 11.8 Å². The molecule has 2 aromatic carbocycles. The third-order valence-corrected chi connectivity index (χ3v) is 5.97. The molecule has 0 unspecified atom stereocenters. The zero-order chi connectivity index (χ0) is 20.9. The molecule has 0 saturated carbocycles. The molecule has 1 aromatic heterocycles. The Hall–Kier alpha value is -2.92. The van der Waals surface area contributed by atoms with E-state index < -0.39 is 0 Å². The van der Waals surface area contributed by atoms with E-state index in [0.717, 1.165) is 48.6 Å². The van der Waals surface area contributed by atoms with E-state index in [1.807, 2.05) is 36.4 Å². The summed E-state index contributed by atoms with van der Waals surface area (Å²) >= 11 is 6.17. The molecule has 3 aromatic rings. The fraction of sp³-hybridized carbons (Fsp3) is 0.292. The first-order valence-corrected chi connectivity index (χ1v) is 10.6. The number of nitrogens with one attached hydrogen (secondary N) is 1. The molecule has 1 amide bonds. The maximum atomic E-state index is 12.6. The quantitative estimate of drug-likeness (QED) is 0.653. The predicted octanol–water partition coefficient (Wildman–Crippen LogP) is 4.64. The third kappa shape index (κ3) is 4.79. The second-order valence-electron chi connectivity index (χ2n) is 7.71. The molecule has 154 valence electrons. The largest absolute Gasteiger partial charge is 0.355 e. The maximum Gasteiger partial charge on any atom is 0.223 e. The SMILES string of the molecule is Cc1ccc(-c2ccc(N3CCC(C(=O)NCc4ccccc4Cl)CC3)nn2)cc1. The van der Waals surface area contributed by atoms with E-state index in [9.17, 15) is 4.79 Å². The van der Waals surface area contributed by atoms with Gasteiger partial charge in [-0.2, -0.15) is 0 Å². The fourth-order valence-electron chi connectivity index (χ4n) is 3.71. The van der Waals surface area contributed by atoms with Crippen molar-refractivity contribution in [1.82, 2.24) is 15.5 Å². The number of aryl methyl sites for hydroxylation is 1. The average Bonchev–Trinajstić information content (AvgIpc) is 2.79. The minimum atomic E-state index is 0.0172. The number of aromatic nitrogens is 2. The lowest BCUT2D eigenvalue weighted by molar-refractivity contribution is -0.125. The van der Waals surface area contributed by atoms with Gasteiger partial charge in [0.1, 0.15) is 0 Å². The zero-order valence-corrected chi connectivity index (χ0v) is 17.8. The Morgan fingerprint density at radius 1 is 1.03 bits per heavy atom. The van der Waals surface area contributed by atoms with Crippen LogP contribution in [0, 0.1) is 12.8 Å². The second kappa shape index (κ2) is 9.26. The zero-order valence-electron chi connectivity index (χ0n) is 17.0. The molecule has 1 N–H and O–H groups in total. The number of halogens is 1. The highest BCUT2D eigenvalue weighted by molar-refractivity contribution is 6.31. The van der Waals surface area contributed by atoms with Gasteiger partial charge in [0.05, 0.1) is 5.69 Å². The number of anilines is 1. The summed E-state index contributed by atoms with van der Waals surface area (Å²) in [5.74, 6) is 0.972. The van der Waals surface area contributed by atoms with Gasteiger partial charge >= 0.3 is 0 Å². The molecule has 30 heavy (non-hydrogen) atoms. The van der Waals surface area contributed by atoms with E-state index in [1.165, 1.54) is 5.56 Å². The van der Waals surface area contributed by atoms with Crippen molar-refractivity contribution in [3.63, 3.8) is 0 Å². The molecule has 1 aliphatic rings. The normalized spacial score (nSPS) is 14.5. The monoisotopic (exact) mass is 420 g/mol. The van der Waals surface area contributed by atoms with Crippen molar-refractivity contribution >= 4 is 23.3 Å². The van der Waals surface area contributed by atoms with Crippen molar-refractivity contribution < 1.29 is 4.79 Å². The molecule has 2 heterocycles. The number of carbonyl (C=O) groups excluding carboxylic acids is 1. The smallest absolute Gasteiger partial charge is 0.223 e. The van der Waals surface area contributed by atoms with Crippen LogP contribution in [0.3, 0.4) is 0 Å². The first-order chi connectivity index (χ1) is 14.6. The summed E-state index contributed by atoms with van der Waals surface area (Å²) in [5.41, 5.74) is 4.09. The van der Waals surface area contributed by atoms with Crippen molar-refractivity contribution in [3.8, 4) is 11.3 Å². The van der Waals surface area contributed by atoms with Crippen molar-refractivity contribution in [1.29, 1.82) is 0 Å². The summed E-state index contributed by atoms with van der Waals surface area (Å²) in [6.45, 7) is 4.12. The van der Waals surface area contributed by atoms with Gasteiger partial charge in [0.2, 0.25) is 5.91 Å². The number of hydrogen-bond donors (Lipinski definition) is 1. The predicted molar refractivity (Wildman–Crippen MR) is 120 cm³/mol. The second-order valence-corrected chi connectivity index (χ2v) is 8.12. The maximum absolute atomic E-state index is 12.6. The standard InChI is InChI=1S/C24H25ClN4O/c1-17-6-8-18(9-7-17)22-10-11-23(28-27-22)29-14-12-19(13-15-29)24(30)26-16-20-4-2-3-5-21(20)25/h2-11,19H,12-16H2,1H3,(H,26,30). The summed E-state index contributed by atoms with van der Waals surface area (Å²) in [7, 11) is 0. The van der Waals surface area contributed by atoms with Gasteiger partial charge < -0.3 is 10.2 Å². The third-order valence-electron chi connectivity index (χ3n) is 5.60. The summed E-state index contributed by atoms with van der Waals surface area (Å²) in [5, 5.41) is 12.5. The number of carbonyl (C=O) groups is 1. The van der Waals surface area contributed by atoms with Crippen LogP contribution in [-0.2, 0) is 11.3 Å². The lowest BCUT2D eigenvalue weighted by Gasteiger charge is -2.31. The number of piperidine rings is 1. The van der Waals surface area contributed by atoms with Gasteiger partial charge in [0, 0.05) is 36.1 Å². The number of amides is 1. The summed E-state index contributed by atoms with van der Waals surface area (Å²) in [6, 6.07) is 19.9. The topological polar surface area (TPSA) is 58.1 Å². The number of rotatable bonds is 5. The van der Waals surface area contributed by atoms with Crippen LogP contribution < -0.4 is 10.2 Å². The molecule has 0 aliphatic carbocycles. The van der Waals surface area contributed by atoms with E-state index in [4.69, 9.17) is 11.6 Å². The highest BCUT2D eigenvalue weighted by Gasteiger charge is 2.25. The molecule has 5 nitrogen and oxygen atoms in total. The lowest BCUT2D eigenvalue weighted by Crippen LogP contribution is -2.40. The van der Waals surface area contributed by atoms with E-state index in [2.05, 4.69) is 51.6 Å². The number of nitrogens with zero attached hydrogens (tertiary/aromatic N) is 3. The summed E-state index contributed by atoms with van der Waals surface area (Å²) in [6.07, 6.45) is 1.60. The summed E-state index contributed by atoms with van der Waals surface area (Å²) in [4.78, 5) is 14.7. The molecule has 0 radical (unpaired) electrons. The number of hydrogen-bond acceptors (Lipinski definition) is 4.